The summed E-state index contributed by atoms with van der Waals surface area (Å²) >= 11 is 5.89. The third-order valence-corrected chi connectivity index (χ3v) is 4.81. The Morgan fingerprint density at radius 2 is 1.71 bits per heavy atom. The van der Waals surface area contributed by atoms with Gasteiger partial charge < -0.3 is 15.5 Å². The Balaban J connectivity index is 1.64. The van der Waals surface area contributed by atoms with E-state index in [1.165, 1.54) is 0 Å². The van der Waals surface area contributed by atoms with Gasteiger partial charge in [-0.2, -0.15) is 0 Å². The minimum atomic E-state index is -0.447. The summed E-state index contributed by atoms with van der Waals surface area (Å²) in [6.07, 6.45) is 0.151. The van der Waals surface area contributed by atoms with E-state index in [-0.39, 0.29) is 30.1 Å². The van der Waals surface area contributed by atoms with Crippen LogP contribution in [0.3, 0.4) is 0 Å². The molecule has 1 heterocycles. The van der Waals surface area contributed by atoms with Gasteiger partial charge in [0.15, 0.2) is 0 Å². The molecule has 1 saturated heterocycles. The molecule has 1 unspecified atom stereocenters. The second-order valence-corrected chi connectivity index (χ2v) is 7.53. The Labute approximate surface area is 168 Å². The summed E-state index contributed by atoms with van der Waals surface area (Å²) in [5.41, 5.74) is 1.91. The molecule has 146 valence electrons. The second-order valence-electron chi connectivity index (χ2n) is 7.10. The lowest BCUT2D eigenvalue weighted by Crippen LogP contribution is -2.28. The van der Waals surface area contributed by atoms with Gasteiger partial charge in [-0.1, -0.05) is 31.5 Å². The Morgan fingerprint density at radius 1 is 1.07 bits per heavy atom. The topological polar surface area (TPSA) is 78.5 Å². The van der Waals surface area contributed by atoms with Crippen LogP contribution in [0.25, 0.3) is 0 Å². The lowest BCUT2D eigenvalue weighted by molar-refractivity contribution is -0.122. The summed E-state index contributed by atoms with van der Waals surface area (Å²) in [7, 11) is 0. The zero-order chi connectivity index (χ0) is 20.3. The molecule has 0 bridgehead atoms. The van der Waals surface area contributed by atoms with Crippen molar-refractivity contribution in [1.29, 1.82) is 0 Å². The SMILES string of the molecule is CC(C)C(=O)Nc1cccc(NC(=O)C2CC(=O)N(c3ccc(Cl)cc3)C2)c1. The van der Waals surface area contributed by atoms with Crippen molar-refractivity contribution in [3.63, 3.8) is 0 Å². The Morgan fingerprint density at radius 3 is 2.36 bits per heavy atom. The van der Waals surface area contributed by atoms with Crippen LogP contribution >= 0.6 is 11.6 Å². The van der Waals surface area contributed by atoms with Crippen LogP contribution in [-0.4, -0.2) is 24.3 Å². The first-order valence-corrected chi connectivity index (χ1v) is 9.49. The van der Waals surface area contributed by atoms with Gasteiger partial charge in [-0.25, -0.2) is 0 Å². The third-order valence-electron chi connectivity index (χ3n) is 4.56. The van der Waals surface area contributed by atoms with Crippen molar-refractivity contribution in [3.8, 4) is 0 Å². The number of benzene rings is 2. The van der Waals surface area contributed by atoms with Crippen LogP contribution in [0.4, 0.5) is 17.1 Å². The van der Waals surface area contributed by atoms with E-state index in [1.54, 1.807) is 53.4 Å². The van der Waals surface area contributed by atoms with Crippen molar-refractivity contribution in [2.24, 2.45) is 11.8 Å². The quantitative estimate of drug-likeness (QED) is 0.799. The van der Waals surface area contributed by atoms with Gasteiger partial charge >= 0.3 is 0 Å². The number of carbonyl (C=O) groups excluding carboxylic acids is 3. The summed E-state index contributed by atoms with van der Waals surface area (Å²) in [6, 6.07) is 13.9. The Hall–Kier alpha value is -2.86. The van der Waals surface area contributed by atoms with Crippen LogP contribution in [0.5, 0.6) is 0 Å². The number of halogens is 1. The molecule has 6 nitrogen and oxygen atoms in total. The Bertz CT molecular complexity index is 896. The fraction of sp³-hybridized carbons (Fsp3) is 0.286. The minimum Gasteiger partial charge on any atom is -0.326 e. The summed E-state index contributed by atoms with van der Waals surface area (Å²) in [5, 5.41) is 6.23. The first-order valence-electron chi connectivity index (χ1n) is 9.11. The molecule has 28 heavy (non-hydrogen) atoms. The molecular formula is C21H22ClN3O3. The van der Waals surface area contributed by atoms with Crippen LogP contribution in [-0.2, 0) is 14.4 Å². The molecule has 2 N–H and O–H groups in total. The van der Waals surface area contributed by atoms with Crippen molar-refractivity contribution in [3.05, 3.63) is 53.6 Å². The van der Waals surface area contributed by atoms with Gasteiger partial charge in [-0.05, 0) is 42.5 Å². The van der Waals surface area contributed by atoms with Gasteiger partial charge in [0.2, 0.25) is 17.7 Å². The highest BCUT2D eigenvalue weighted by Gasteiger charge is 2.35. The van der Waals surface area contributed by atoms with Crippen LogP contribution in [0, 0.1) is 11.8 Å². The highest BCUT2D eigenvalue weighted by atomic mass is 35.5. The van der Waals surface area contributed by atoms with E-state index < -0.39 is 5.92 Å². The summed E-state index contributed by atoms with van der Waals surface area (Å²) < 4.78 is 0. The van der Waals surface area contributed by atoms with Gasteiger partial charge in [0.05, 0.1) is 5.92 Å². The second kappa shape index (κ2) is 8.44. The molecule has 1 aliphatic heterocycles. The molecule has 0 radical (unpaired) electrons. The molecule has 7 heteroatoms. The lowest BCUT2D eigenvalue weighted by atomic mass is 10.1. The molecule has 2 aromatic carbocycles. The van der Waals surface area contributed by atoms with E-state index >= 15 is 0 Å². The number of hydrogen-bond donors (Lipinski definition) is 2. The minimum absolute atomic E-state index is 0.0940. The van der Waals surface area contributed by atoms with E-state index in [4.69, 9.17) is 11.6 Å². The fourth-order valence-corrected chi connectivity index (χ4v) is 3.09. The van der Waals surface area contributed by atoms with Gasteiger partial charge in [0, 0.05) is 41.0 Å². The molecule has 3 rings (SSSR count). The van der Waals surface area contributed by atoms with Crippen LogP contribution < -0.4 is 15.5 Å². The largest absolute Gasteiger partial charge is 0.326 e. The van der Waals surface area contributed by atoms with Crippen molar-refractivity contribution >= 4 is 46.4 Å². The highest BCUT2D eigenvalue weighted by molar-refractivity contribution is 6.30. The van der Waals surface area contributed by atoms with Gasteiger partial charge in [-0.15, -0.1) is 0 Å². The maximum Gasteiger partial charge on any atom is 0.229 e. The normalized spacial score (nSPS) is 16.4. The van der Waals surface area contributed by atoms with Gasteiger partial charge in [0.1, 0.15) is 0 Å². The molecule has 1 atom stereocenters. The first-order chi connectivity index (χ1) is 13.3. The zero-order valence-electron chi connectivity index (χ0n) is 15.7. The first kappa shape index (κ1) is 19.9. The number of anilines is 3. The van der Waals surface area contributed by atoms with Gasteiger partial charge in [0.25, 0.3) is 0 Å². The predicted octanol–water partition coefficient (Wildman–Crippen LogP) is 3.93. The van der Waals surface area contributed by atoms with E-state index in [0.717, 1.165) is 5.69 Å². The van der Waals surface area contributed by atoms with E-state index in [1.807, 2.05) is 13.8 Å². The maximum atomic E-state index is 12.6. The van der Waals surface area contributed by atoms with E-state index in [9.17, 15) is 14.4 Å². The standard InChI is InChI=1S/C21H22ClN3O3/c1-13(2)20(27)23-16-4-3-5-17(11-16)24-21(28)14-10-19(26)25(12-14)18-8-6-15(22)7-9-18/h3-9,11,13-14H,10,12H2,1-2H3,(H,23,27)(H,24,28). The number of nitrogens with one attached hydrogen (secondary N) is 2. The number of amides is 3. The molecule has 2 aromatic rings. The average molecular weight is 400 g/mol. The van der Waals surface area contributed by atoms with Crippen LogP contribution in [0.1, 0.15) is 20.3 Å². The van der Waals surface area contributed by atoms with Crippen molar-refractivity contribution < 1.29 is 14.4 Å². The lowest BCUT2D eigenvalue weighted by Gasteiger charge is -2.17. The molecule has 1 aliphatic rings. The third kappa shape index (κ3) is 4.70. The molecule has 0 aromatic heterocycles. The summed E-state index contributed by atoms with van der Waals surface area (Å²) in [6.45, 7) is 3.94. The molecular weight excluding hydrogens is 378 g/mol. The van der Waals surface area contributed by atoms with Crippen molar-refractivity contribution in [2.45, 2.75) is 20.3 Å². The van der Waals surface area contributed by atoms with Crippen LogP contribution in [0.15, 0.2) is 48.5 Å². The maximum absolute atomic E-state index is 12.6. The summed E-state index contributed by atoms with van der Waals surface area (Å²) in [4.78, 5) is 38.4. The molecule has 1 fully saturated rings. The van der Waals surface area contributed by atoms with Crippen molar-refractivity contribution in [1.82, 2.24) is 0 Å². The molecule has 0 spiro atoms. The summed E-state index contributed by atoms with van der Waals surface area (Å²) in [5.74, 6) is -1.00. The fourth-order valence-electron chi connectivity index (χ4n) is 2.96. The monoisotopic (exact) mass is 399 g/mol. The van der Waals surface area contributed by atoms with Crippen LogP contribution in [0.2, 0.25) is 5.02 Å². The number of carbonyl (C=O) groups is 3. The molecule has 3 amide bonds. The zero-order valence-corrected chi connectivity index (χ0v) is 16.5. The van der Waals surface area contributed by atoms with E-state index in [0.29, 0.717) is 22.9 Å². The number of nitrogens with zero attached hydrogens (tertiary/aromatic N) is 1. The molecule has 0 aliphatic carbocycles. The number of hydrogen-bond acceptors (Lipinski definition) is 3. The van der Waals surface area contributed by atoms with Crippen molar-refractivity contribution in [2.75, 3.05) is 22.1 Å². The van der Waals surface area contributed by atoms with E-state index in [2.05, 4.69) is 10.6 Å². The average Bonchev–Trinajstić information content (AvgIpc) is 3.04. The smallest absolute Gasteiger partial charge is 0.229 e. The Kier molecular flexibility index (Phi) is 5.99. The highest BCUT2D eigenvalue weighted by Crippen LogP contribution is 2.27. The molecule has 0 saturated carbocycles. The van der Waals surface area contributed by atoms with Gasteiger partial charge in [-0.3, -0.25) is 14.4 Å². The number of rotatable bonds is 5. The predicted molar refractivity (Wildman–Crippen MR) is 110 cm³/mol.